The molecule has 1 fully saturated rings. The molecule has 126 valence electrons. The van der Waals surface area contributed by atoms with Gasteiger partial charge in [0.15, 0.2) is 5.17 Å². The van der Waals surface area contributed by atoms with Gasteiger partial charge in [-0.15, -0.1) is 0 Å². The van der Waals surface area contributed by atoms with Crippen molar-refractivity contribution in [3.8, 4) is 0 Å². The highest BCUT2D eigenvalue weighted by atomic mass is 32.2. The Morgan fingerprint density at radius 2 is 2.12 bits per heavy atom. The highest BCUT2D eigenvalue weighted by molar-refractivity contribution is 8.16. The van der Waals surface area contributed by atoms with E-state index in [1.807, 2.05) is 0 Å². The van der Waals surface area contributed by atoms with E-state index in [2.05, 4.69) is 57.5 Å². The predicted octanol–water partition coefficient (Wildman–Crippen LogP) is 3.22. The summed E-state index contributed by atoms with van der Waals surface area (Å²) in [6, 6.07) is 10.6. The molecule has 0 bridgehead atoms. The molecule has 0 aliphatic carbocycles. The minimum absolute atomic E-state index is 0.0637. The van der Waals surface area contributed by atoms with Crippen LogP contribution in [0.2, 0.25) is 0 Å². The maximum Gasteiger partial charge on any atom is 0.228 e. The summed E-state index contributed by atoms with van der Waals surface area (Å²) < 4.78 is 0. The van der Waals surface area contributed by atoms with Gasteiger partial charge in [-0.1, -0.05) is 49.0 Å². The van der Waals surface area contributed by atoms with Gasteiger partial charge in [-0.05, 0) is 23.8 Å². The fourth-order valence-electron chi connectivity index (χ4n) is 3.91. The molecule has 1 saturated heterocycles. The van der Waals surface area contributed by atoms with Gasteiger partial charge < -0.3 is 9.80 Å². The van der Waals surface area contributed by atoms with Crippen LogP contribution in [0.1, 0.15) is 31.7 Å². The lowest BCUT2D eigenvalue weighted by Crippen LogP contribution is -2.47. The van der Waals surface area contributed by atoms with Crippen LogP contribution in [-0.4, -0.2) is 47.1 Å². The summed E-state index contributed by atoms with van der Waals surface area (Å²) >= 11 is 1.65. The van der Waals surface area contributed by atoms with Gasteiger partial charge in [0.1, 0.15) is 0 Å². The number of piperidine rings is 1. The van der Waals surface area contributed by atoms with Gasteiger partial charge in [0.25, 0.3) is 0 Å². The second kappa shape index (κ2) is 6.28. The SMILES string of the molecule is CC1(c2ccccc2)CCCN(C(=O)CC2=CSC3=NCCN23)C1. The van der Waals surface area contributed by atoms with Crippen LogP contribution >= 0.6 is 11.8 Å². The first-order valence-corrected chi connectivity index (χ1v) is 9.55. The third-order valence-electron chi connectivity index (χ3n) is 5.30. The lowest BCUT2D eigenvalue weighted by Gasteiger charge is -2.41. The lowest BCUT2D eigenvalue weighted by atomic mass is 9.76. The molecule has 1 atom stereocenters. The lowest BCUT2D eigenvalue weighted by molar-refractivity contribution is -0.132. The zero-order valence-corrected chi connectivity index (χ0v) is 14.9. The number of carbonyl (C=O) groups excluding carboxylic acids is 1. The maximum absolute atomic E-state index is 12.9. The van der Waals surface area contributed by atoms with E-state index in [1.54, 1.807) is 11.8 Å². The molecule has 1 amide bonds. The zero-order valence-electron chi connectivity index (χ0n) is 14.1. The van der Waals surface area contributed by atoms with Crippen molar-refractivity contribution < 1.29 is 4.79 Å². The molecule has 4 rings (SSSR count). The van der Waals surface area contributed by atoms with Crippen molar-refractivity contribution in [3.63, 3.8) is 0 Å². The number of nitrogens with zero attached hydrogens (tertiary/aromatic N) is 3. The first-order valence-electron chi connectivity index (χ1n) is 8.67. The number of aliphatic imine (C=N–C) groups is 1. The Hall–Kier alpha value is -1.75. The van der Waals surface area contributed by atoms with E-state index in [9.17, 15) is 4.79 Å². The Bertz CT molecular complexity index is 700. The summed E-state index contributed by atoms with van der Waals surface area (Å²) in [7, 11) is 0. The van der Waals surface area contributed by atoms with Crippen molar-refractivity contribution in [3.05, 3.63) is 47.0 Å². The predicted molar refractivity (Wildman–Crippen MR) is 98.9 cm³/mol. The second-order valence-corrected chi connectivity index (χ2v) is 7.90. The van der Waals surface area contributed by atoms with Gasteiger partial charge in [0.05, 0.1) is 13.0 Å². The molecule has 4 nitrogen and oxygen atoms in total. The third kappa shape index (κ3) is 2.86. The molecule has 24 heavy (non-hydrogen) atoms. The van der Waals surface area contributed by atoms with Crippen LogP contribution < -0.4 is 0 Å². The normalized spacial score (nSPS) is 26.2. The highest BCUT2D eigenvalue weighted by Gasteiger charge is 2.35. The molecule has 1 aromatic rings. The molecule has 1 aromatic carbocycles. The van der Waals surface area contributed by atoms with Crippen molar-refractivity contribution in [1.29, 1.82) is 0 Å². The van der Waals surface area contributed by atoms with Crippen LogP contribution in [0.25, 0.3) is 0 Å². The van der Waals surface area contributed by atoms with Gasteiger partial charge in [-0.3, -0.25) is 9.79 Å². The maximum atomic E-state index is 12.9. The molecule has 0 radical (unpaired) electrons. The molecule has 3 aliphatic heterocycles. The number of amides is 1. The Morgan fingerprint density at radius 1 is 1.29 bits per heavy atom. The van der Waals surface area contributed by atoms with Crippen LogP contribution in [0.5, 0.6) is 0 Å². The minimum Gasteiger partial charge on any atom is -0.341 e. The van der Waals surface area contributed by atoms with Crippen LogP contribution in [0.4, 0.5) is 0 Å². The van der Waals surface area contributed by atoms with Gasteiger partial charge in [0.2, 0.25) is 5.91 Å². The number of amidine groups is 1. The summed E-state index contributed by atoms with van der Waals surface area (Å²) in [5.74, 6) is 0.247. The fraction of sp³-hybridized carbons (Fsp3) is 0.474. The Morgan fingerprint density at radius 3 is 2.96 bits per heavy atom. The number of hydrogen-bond acceptors (Lipinski definition) is 4. The van der Waals surface area contributed by atoms with E-state index in [0.717, 1.165) is 49.9 Å². The molecule has 1 unspecified atom stereocenters. The molecule has 3 aliphatic rings. The van der Waals surface area contributed by atoms with Gasteiger partial charge >= 0.3 is 0 Å². The molecular weight excluding hydrogens is 318 g/mol. The minimum atomic E-state index is 0.0637. The topological polar surface area (TPSA) is 35.9 Å². The Labute approximate surface area is 147 Å². The van der Waals surface area contributed by atoms with Crippen molar-refractivity contribution >= 4 is 22.8 Å². The van der Waals surface area contributed by atoms with E-state index in [4.69, 9.17) is 0 Å². The summed E-state index contributed by atoms with van der Waals surface area (Å²) in [6.07, 6.45) is 2.71. The van der Waals surface area contributed by atoms with Crippen LogP contribution in [-0.2, 0) is 10.2 Å². The summed E-state index contributed by atoms with van der Waals surface area (Å²) in [5.41, 5.74) is 2.52. The number of carbonyl (C=O) groups is 1. The molecule has 5 heteroatoms. The van der Waals surface area contributed by atoms with Crippen LogP contribution in [0.15, 0.2) is 46.4 Å². The Kier molecular flexibility index (Phi) is 4.12. The summed E-state index contributed by atoms with van der Waals surface area (Å²) in [6.45, 7) is 5.75. The zero-order chi connectivity index (χ0) is 16.6. The number of thioether (sulfide) groups is 1. The molecule has 3 heterocycles. The van der Waals surface area contributed by atoms with Crippen LogP contribution in [0.3, 0.4) is 0 Å². The van der Waals surface area contributed by atoms with Gasteiger partial charge in [-0.2, -0.15) is 0 Å². The molecule has 0 aromatic heterocycles. The first-order chi connectivity index (χ1) is 11.7. The highest BCUT2D eigenvalue weighted by Crippen LogP contribution is 2.35. The standard InChI is InChI=1S/C19H23N3OS/c1-19(15-6-3-2-4-7-15)8-5-10-21(14-19)17(23)12-16-13-24-18-20-9-11-22(16)18/h2-4,6-7,13H,5,8-12,14H2,1H3. The van der Waals surface area contributed by atoms with Crippen molar-refractivity contribution in [1.82, 2.24) is 9.80 Å². The van der Waals surface area contributed by atoms with Crippen molar-refractivity contribution in [2.75, 3.05) is 26.2 Å². The Balaban J connectivity index is 1.44. The monoisotopic (exact) mass is 341 g/mol. The van der Waals surface area contributed by atoms with Gasteiger partial charge in [-0.25, -0.2) is 0 Å². The summed E-state index contributed by atoms with van der Waals surface area (Å²) in [4.78, 5) is 21.6. The first kappa shape index (κ1) is 15.8. The average Bonchev–Trinajstić information content (AvgIpc) is 3.21. The molecule has 0 spiro atoms. The van der Waals surface area contributed by atoms with E-state index in [1.165, 1.54) is 5.56 Å². The number of likely N-dealkylation sites (tertiary alicyclic amines) is 1. The quantitative estimate of drug-likeness (QED) is 0.847. The van der Waals surface area contributed by atoms with Crippen LogP contribution in [0, 0.1) is 0 Å². The molecule has 0 N–H and O–H groups in total. The number of benzene rings is 1. The van der Waals surface area contributed by atoms with E-state index in [0.29, 0.717) is 6.42 Å². The number of fused-ring (bicyclic) bond motifs is 1. The summed E-state index contributed by atoms with van der Waals surface area (Å²) in [5, 5.41) is 3.15. The van der Waals surface area contributed by atoms with Crippen molar-refractivity contribution in [2.45, 2.75) is 31.6 Å². The number of hydrogen-bond donors (Lipinski definition) is 0. The van der Waals surface area contributed by atoms with Gasteiger partial charge in [0, 0.05) is 30.7 Å². The largest absolute Gasteiger partial charge is 0.341 e. The second-order valence-electron chi connectivity index (χ2n) is 7.07. The number of rotatable bonds is 3. The average molecular weight is 341 g/mol. The third-order valence-corrected chi connectivity index (χ3v) is 6.25. The fourth-order valence-corrected chi connectivity index (χ4v) is 4.86. The van der Waals surface area contributed by atoms with E-state index in [-0.39, 0.29) is 11.3 Å². The van der Waals surface area contributed by atoms with E-state index < -0.39 is 0 Å². The molecule has 0 saturated carbocycles. The smallest absolute Gasteiger partial charge is 0.228 e. The molecular formula is C19H23N3OS. The van der Waals surface area contributed by atoms with E-state index >= 15 is 0 Å². The van der Waals surface area contributed by atoms with Crippen molar-refractivity contribution in [2.24, 2.45) is 4.99 Å².